The monoisotopic (exact) mass is 214 g/mol. The maximum absolute atomic E-state index is 11.2. The summed E-state index contributed by atoms with van der Waals surface area (Å²) >= 11 is 0. The van der Waals surface area contributed by atoms with Gasteiger partial charge in [-0.2, -0.15) is 0 Å². The van der Waals surface area contributed by atoms with Gasteiger partial charge in [0.15, 0.2) is 15.1 Å². The first-order valence-corrected chi connectivity index (χ1v) is 5.85. The molecule has 0 saturated carbocycles. The van der Waals surface area contributed by atoms with Gasteiger partial charge in [0.05, 0.1) is 0 Å². The van der Waals surface area contributed by atoms with E-state index in [0.717, 1.165) is 6.26 Å². The van der Waals surface area contributed by atoms with E-state index in [1.165, 1.54) is 12.1 Å². The summed E-state index contributed by atoms with van der Waals surface area (Å²) in [6, 6.07) is 7.89. The standard InChI is InChI=1S/C9H10O4S/c1-14(12,13)8(9(10)11)7-5-3-2-4-6-7/h2-6,8H,1H3,(H,10,11)/t8-/m0/s1. The Hall–Kier alpha value is -1.36. The van der Waals surface area contributed by atoms with Crippen molar-refractivity contribution in [1.29, 1.82) is 0 Å². The van der Waals surface area contributed by atoms with Gasteiger partial charge in [0.1, 0.15) is 0 Å². The van der Waals surface area contributed by atoms with E-state index in [9.17, 15) is 13.2 Å². The summed E-state index contributed by atoms with van der Waals surface area (Å²) in [6.45, 7) is 0. The number of carboxylic acid groups (broad SMARTS) is 1. The molecule has 4 nitrogen and oxygen atoms in total. The lowest BCUT2D eigenvalue weighted by atomic mass is 10.1. The Kier molecular flexibility index (Phi) is 2.90. The van der Waals surface area contributed by atoms with Crippen LogP contribution in [0.2, 0.25) is 0 Å². The molecule has 1 aromatic carbocycles. The van der Waals surface area contributed by atoms with E-state index in [1.807, 2.05) is 0 Å². The van der Waals surface area contributed by atoms with Crippen LogP contribution in [0, 0.1) is 0 Å². The molecule has 0 radical (unpaired) electrons. The molecule has 1 atom stereocenters. The van der Waals surface area contributed by atoms with Crippen molar-refractivity contribution in [2.75, 3.05) is 6.26 Å². The van der Waals surface area contributed by atoms with Crippen LogP contribution in [0.4, 0.5) is 0 Å². The van der Waals surface area contributed by atoms with Crippen LogP contribution in [-0.2, 0) is 14.6 Å². The predicted octanol–water partition coefficient (Wildman–Crippen LogP) is 0.857. The maximum atomic E-state index is 11.2. The second kappa shape index (κ2) is 3.79. The fourth-order valence-electron chi connectivity index (χ4n) is 1.20. The summed E-state index contributed by atoms with van der Waals surface area (Å²) in [4.78, 5) is 10.8. The lowest BCUT2D eigenvalue weighted by Gasteiger charge is -2.09. The summed E-state index contributed by atoms with van der Waals surface area (Å²) in [5, 5.41) is 7.31. The molecule has 0 bridgehead atoms. The SMILES string of the molecule is CS(=O)(=O)[C@H](C(=O)O)c1ccccc1. The Labute approximate surface area is 82.1 Å². The smallest absolute Gasteiger partial charge is 0.326 e. The van der Waals surface area contributed by atoms with Gasteiger partial charge in [-0.05, 0) is 5.56 Å². The fraction of sp³-hybridized carbons (Fsp3) is 0.222. The fourth-order valence-corrected chi connectivity index (χ4v) is 2.22. The number of carboxylic acids is 1. The maximum Gasteiger partial charge on any atom is 0.326 e. The van der Waals surface area contributed by atoms with Crippen LogP contribution in [0.1, 0.15) is 10.8 Å². The average molecular weight is 214 g/mol. The van der Waals surface area contributed by atoms with Gasteiger partial charge < -0.3 is 5.11 Å². The molecule has 14 heavy (non-hydrogen) atoms. The Morgan fingerprint density at radius 2 is 1.79 bits per heavy atom. The molecule has 76 valence electrons. The van der Waals surface area contributed by atoms with Crippen molar-refractivity contribution in [2.45, 2.75) is 5.25 Å². The van der Waals surface area contributed by atoms with E-state index in [4.69, 9.17) is 5.11 Å². The number of hydrogen-bond acceptors (Lipinski definition) is 3. The summed E-state index contributed by atoms with van der Waals surface area (Å²) < 4.78 is 22.4. The zero-order valence-electron chi connectivity index (χ0n) is 7.54. The molecule has 0 saturated heterocycles. The van der Waals surface area contributed by atoms with E-state index in [2.05, 4.69) is 0 Å². The van der Waals surface area contributed by atoms with Crippen molar-refractivity contribution >= 4 is 15.8 Å². The van der Waals surface area contributed by atoms with Crippen molar-refractivity contribution in [2.24, 2.45) is 0 Å². The second-order valence-corrected chi connectivity index (χ2v) is 5.09. The van der Waals surface area contributed by atoms with Crippen LogP contribution in [-0.4, -0.2) is 25.7 Å². The minimum absolute atomic E-state index is 0.280. The molecule has 0 spiro atoms. The first-order chi connectivity index (χ1) is 6.43. The number of rotatable bonds is 3. The normalized spacial score (nSPS) is 13.5. The zero-order valence-corrected chi connectivity index (χ0v) is 8.36. The summed E-state index contributed by atoms with van der Waals surface area (Å²) in [5.41, 5.74) is 0.280. The van der Waals surface area contributed by atoms with E-state index >= 15 is 0 Å². The summed E-state index contributed by atoms with van der Waals surface area (Å²) in [6.07, 6.45) is 0.915. The molecule has 0 heterocycles. The molecular weight excluding hydrogens is 204 g/mol. The molecular formula is C9H10O4S. The van der Waals surface area contributed by atoms with E-state index in [-0.39, 0.29) is 5.56 Å². The first-order valence-electron chi connectivity index (χ1n) is 3.89. The van der Waals surface area contributed by atoms with Crippen LogP contribution in [0.25, 0.3) is 0 Å². The number of carbonyl (C=O) groups is 1. The quantitative estimate of drug-likeness (QED) is 0.809. The van der Waals surface area contributed by atoms with E-state index < -0.39 is 21.1 Å². The summed E-state index contributed by atoms with van der Waals surface area (Å²) in [7, 11) is -3.62. The van der Waals surface area contributed by atoms with Crippen molar-refractivity contribution < 1.29 is 18.3 Å². The first kappa shape index (κ1) is 10.7. The largest absolute Gasteiger partial charge is 0.480 e. The minimum Gasteiger partial charge on any atom is -0.480 e. The average Bonchev–Trinajstić information content (AvgIpc) is 2.02. The van der Waals surface area contributed by atoms with Crippen molar-refractivity contribution in [3.8, 4) is 0 Å². The van der Waals surface area contributed by atoms with Gasteiger partial charge in [0.25, 0.3) is 0 Å². The zero-order chi connectivity index (χ0) is 10.8. The summed E-state index contributed by atoms with van der Waals surface area (Å²) in [5.74, 6) is -1.35. The van der Waals surface area contributed by atoms with Gasteiger partial charge in [-0.15, -0.1) is 0 Å². The van der Waals surface area contributed by atoms with Crippen molar-refractivity contribution in [1.82, 2.24) is 0 Å². The Balaban J connectivity index is 3.22. The third-order valence-electron chi connectivity index (χ3n) is 1.75. The highest BCUT2D eigenvalue weighted by molar-refractivity contribution is 7.91. The van der Waals surface area contributed by atoms with Crippen LogP contribution >= 0.6 is 0 Å². The molecule has 0 fully saturated rings. The van der Waals surface area contributed by atoms with Crippen LogP contribution < -0.4 is 0 Å². The topological polar surface area (TPSA) is 71.4 Å². The van der Waals surface area contributed by atoms with Crippen LogP contribution in [0.5, 0.6) is 0 Å². The Morgan fingerprint density at radius 1 is 1.29 bits per heavy atom. The molecule has 0 aliphatic rings. The molecule has 0 amide bonds. The number of aliphatic carboxylic acids is 1. The van der Waals surface area contributed by atoms with E-state index in [1.54, 1.807) is 18.2 Å². The van der Waals surface area contributed by atoms with Gasteiger partial charge in [-0.1, -0.05) is 30.3 Å². The predicted molar refractivity (Wildman–Crippen MR) is 51.7 cm³/mol. The Morgan fingerprint density at radius 3 is 2.14 bits per heavy atom. The van der Waals surface area contributed by atoms with Crippen molar-refractivity contribution in [3.63, 3.8) is 0 Å². The van der Waals surface area contributed by atoms with E-state index in [0.29, 0.717) is 0 Å². The number of sulfone groups is 1. The third kappa shape index (κ3) is 2.32. The highest BCUT2D eigenvalue weighted by Gasteiger charge is 2.29. The number of hydrogen-bond donors (Lipinski definition) is 1. The molecule has 1 N–H and O–H groups in total. The van der Waals surface area contributed by atoms with Gasteiger partial charge in [0, 0.05) is 6.26 Å². The molecule has 5 heteroatoms. The third-order valence-corrected chi connectivity index (χ3v) is 3.08. The lowest BCUT2D eigenvalue weighted by Crippen LogP contribution is -2.20. The Bertz CT molecular complexity index is 421. The molecule has 1 rings (SSSR count). The lowest BCUT2D eigenvalue weighted by molar-refractivity contribution is -0.136. The number of benzene rings is 1. The molecule has 0 aliphatic heterocycles. The van der Waals surface area contributed by atoms with Crippen LogP contribution in [0.15, 0.2) is 30.3 Å². The van der Waals surface area contributed by atoms with Crippen LogP contribution in [0.3, 0.4) is 0 Å². The van der Waals surface area contributed by atoms with Gasteiger partial charge in [-0.25, -0.2) is 8.42 Å². The molecule has 0 unspecified atom stereocenters. The highest BCUT2D eigenvalue weighted by Crippen LogP contribution is 2.21. The van der Waals surface area contributed by atoms with Gasteiger partial charge in [0.2, 0.25) is 0 Å². The second-order valence-electron chi connectivity index (χ2n) is 2.96. The van der Waals surface area contributed by atoms with Crippen molar-refractivity contribution in [3.05, 3.63) is 35.9 Å². The van der Waals surface area contributed by atoms with Gasteiger partial charge >= 0.3 is 5.97 Å². The minimum atomic E-state index is -3.62. The van der Waals surface area contributed by atoms with Gasteiger partial charge in [-0.3, -0.25) is 4.79 Å². The molecule has 1 aromatic rings. The highest BCUT2D eigenvalue weighted by atomic mass is 32.2. The molecule has 0 aromatic heterocycles. The molecule has 0 aliphatic carbocycles.